The minimum atomic E-state index is -4.13. The van der Waals surface area contributed by atoms with Crippen molar-refractivity contribution in [2.45, 2.75) is 19.5 Å². The van der Waals surface area contributed by atoms with E-state index in [2.05, 4.69) is 10.3 Å². The van der Waals surface area contributed by atoms with Crippen molar-refractivity contribution in [3.8, 4) is 0 Å². The molecule has 84 valence electrons. The molecule has 5 heteroatoms. The van der Waals surface area contributed by atoms with Crippen LogP contribution in [0.2, 0.25) is 0 Å². The molecule has 0 aliphatic rings. The van der Waals surface area contributed by atoms with Gasteiger partial charge in [0.2, 0.25) is 0 Å². The van der Waals surface area contributed by atoms with Crippen LogP contribution in [0.4, 0.5) is 13.2 Å². The molecule has 0 aliphatic carbocycles. The third-order valence-corrected chi connectivity index (χ3v) is 2.03. The van der Waals surface area contributed by atoms with Crippen molar-refractivity contribution in [1.82, 2.24) is 10.3 Å². The molecule has 1 rings (SSSR count). The summed E-state index contributed by atoms with van der Waals surface area (Å²) in [5, 5.41) is 2.36. The summed E-state index contributed by atoms with van der Waals surface area (Å²) >= 11 is 0. The lowest BCUT2D eigenvalue weighted by Crippen LogP contribution is -2.30. The van der Waals surface area contributed by atoms with Crippen LogP contribution in [-0.2, 0) is 6.42 Å². The third-order valence-electron chi connectivity index (χ3n) is 2.03. The van der Waals surface area contributed by atoms with Crippen LogP contribution in [0.1, 0.15) is 11.1 Å². The van der Waals surface area contributed by atoms with Gasteiger partial charge in [-0.2, -0.15) is 13.2 Å². The highest BCUT2D eigenvalue weighted by Crippen LogP contribution is 2.12. The Balaban J connectivity index is 2.30. The molecule has 0 unspecified atom stereocenters. The quantitative estimate of drug-likeness (QED) is 0.783. The van der Waals surface area contributed by atoms with Gasteiger partial charge in [-0.25, -0.2) is 0 Å². The molecule has 0 spiro atoms. The van der Waals surface area contributed by atoms with Gasteiger partial charge in [0.05, 0.1) is 6.54 Å². The molecule has 0 radical (unpaired) electrons. The highest BCUT2D eigenvalue weighted by Gasteiger charge is 2.25. The maximum Gasteiger partial charge on any atom is 0.401 e. The fourth-order valence-corrected chi connectivity index (χ4v) is 1.24. The van der Waals surface area contributed by atoms with E-state index in [1.807, 2.05) is 13.0 Å². The monoisotopic (exact) mass is 218 g/mol. The van der Waals surface area contributed by atoms with E-state index in [0.717, 1.165) is 11.1 Å². The fourth-order valence-electron chi connectivity index (χ4n) is 1.24. The van der Waals surface area contributed by atoms with E-state index in [1.54, 1.807) is 12.4 Å². The van der Waals surface area contributed by atoms with E-state index >= 15 is 0 Å². The number of hydrogen-bond acceptors (Lipinski definition) is 2. The predicted octanol–water partition coefficient (Wildman–Crippen LogP) is 2.08. The van der Waals surface area contributed by atoms with Gasteiger partial charge in [0.1, 0.15) is 0 Å². The normalized spacial score (nSPS) is 11.7. The number of aryl methyl sites for hydroxylation is 1. The van der Waals surface area contributed by atoms with E-state index in [9.17, 15) is 13.2 Å². The van der Waals surface area contributed by atoms with E-state index in [4.69, 9.17) is 0 Å². The zero-order valence-electron chi connectivity index (χ0n) is 8.43. The molecular weight excluding hydrogens is 205 g/mol. The molecule has 0 bridgehead atoms. The molecule has 0 fully saturated rings. The first-order valence-electron chi connectivity index (χ1n) is 4.66. The summed E-state index contributed by atoms with van der Waals surface area (Å²) in [4.78, 5) is 3.91. The number of rotatable bonds is 4. The average molecular weight is 218 g/mol. The van der Waals surface area contributed by atoms with Crippen LogP contribution in [0.3, 0.4) is 0 Å². The van der Waals surface area contributed by atoms with Crippen molar-refractivity contribution in [2.75, 3.05) is 13.1 Å². The van der Waals surface area contributed by atoms with Gasteiger partial charge in [-0.1, -0.05) is 0 Å². The third kappa shape index (κ3) is 4.78. The van der Waals surface area contributed by atoms with Crippen molar-refractivity contribution in [1.29, 1.82) is 0 Å². The predicted molar refractivity (Wildman–Crippen MR) is 51.6 cm³/mol. The highest BCUT2D eigenvalue weighted by atomic mass is 19.4. The SMILES string of the molecule is Cc1cnccc1CCNCC(F)(F)F. The fraction of sp³-hybridized carbons (Fsp3) is 0.500. The minimum absolute atomic E-state index is 0.324. The summed E-state index contributed by atoms with van der Waals surface area (Å²) in [6, 6.07) is 1.82. The molecule has 1 aromatic rings. The molecule has 0 amide bonds. The number of nitrogens with one attached hydrogen (secondary N) is 1. The second-order valence-electron chi connectivity index (χ2n) is 3.34. The van der Waals surface area contributed by atoms with Gasteiger partial charge in [-0.15, -0.1) is 0 Å². The zero-order chi connectivity index (χ0) is 11.3. The van der Waals surface area contributed by atoms with Crippen LogP contribution < -0.4 is 5.32 Å². The first-order chi connectivity index (χ1) is 6.99. The second kappa shape index (κ2) is 5.11. The van der Waals surface area contributed by atoms with Crippen molar-refractivity contribution >= 4 is 0 Å². The van der Waals surface area contributed by atoms with Crippen LogP contribution >= 0.6 is 0 Å². The Morgan fingerprint density at radius 1 is 1.40 bits per heavy atom. The molecule has 15 heavy (non-hydrogen) atoms. The van der Waals surface area contributed by atoms with E-state index in [-0.39, 0.29) is 0 Å². The Morgan fingerprint density at radius 3 is 2.73 bits per heavy atom. The topological polar surface area (TPSA) is 24.9 Å². The number of pyridine rings is 1. The first kappa shape index (κ1) is 12.0. The lowest BCUT2D eigenvalue weighted by atomic mass is 10.1. The largest absolute Gasteiger partial charge is 0.401 e. The standard InChI is InChI=1S/C10H13F3N2/c1-8-6-14-4-2-9(8)3-5-15-7-10(11,12)13/h2,4,6,15H,3,5,7H2,1H3. The summed E-state index contributed by atoms with van der Waals surface area (Å²) in [7, 11) is 0. The number of halogens is 3. The molecule has 2 nitrogen and oxygen atoms in total. The molecule has 0 saturated carbocycles. The molecule has 0 atom stereocenters. The van der Waals surface area contributed by atoms with Crippen LogP contribution in [0.15, 0.2) is 18.5 Å². The lowest BCUT2D eigenvalue weighted by molar-refractivity contribution is -0.124. The lowest BCUT2D eigenvalue weighted by Gasteiger charge is -2.08. The molecule has 0 aromatic carbocycles. The van der Waals surface area contributed by atoms with Crippen molar-refractivity contribution in [3.63, 3.8) is 0 Å². The van der Waals surface area contributed by atoms with Crippen LogP contribution in [-0.4, -0.2) is 24.2 Å². The van der Waals surface area contributed by atoms with Crippen LogP contribution in [0.25, 0.3) is 0 Å². The number of alkyl halides is 3. The average Bonchev–Trinajstić information content (AvgIpc) is 2.13. The van der Waals surface area contributed by atoms with Crippen molar-refractivity contribution in [2.24, 2.45) is 0 Å². The van der Waals surface area contributed by atoms with Crippen molar-refractivity contribution in [3.05, 3.63) is 29.6 Å². The van der Waals surface area contributed by atoms with Crippen LogP contribution in [0, 0.1) is 6.92 Å². The number of nitrogens with zero attached hydrogens (tertiary/aromatic N) is 1. The van der Waals surface area contributed by atoms with Crippen molar-refractivity contribution < 1.29 is 13.2 Å². The Morgan fingerprint density at radius 2 is 2.13 bits per heavy atom. The second-order valence-corrected chi connectivity index (χ2v) is 3.34. The Hall–Kier alpha value is -1.10. The molecule has 1 heterocycles. The molecule has 0 aliphatic heterocycles. The Kier molecular flexibility index (Phi) is 4.08. The maximum atomic E-state index is 11.8. The minimum Gasteiger partial charge on any atom is -0.308 e. The summed E-state index contributed by atoms with van der Waals surface area (Å²) in [6.45, 7) is 1.29. The van der Waals surface area contributed by atoms with Gasteiger partial charge >= 0.3 is 6.18 Å². The van der Waals surface area contributed by atoms with Crippen LogP contribution in [0.5, 0.6) is 0 Å². The maximum absolute atomic E-state index is 11.8. The Labute approximate surface area is 86.5 Å². The molecule has 0 saturated heterocycles. The first-order valence-corrected chi connectivity index (χ1v) is 4.66. The van der Waals surface area contributed by atoms with E-state index in [1.165, 1.54) is 0 Å². The van der Waals surface area contributed by atoms with Gasteiger partial charge in [-0.3, -0.25) is 4.98 Å². The highest BCUT2D eigenvalue weighted by molar-refractivity contribution is 5.21. The molecule has 1 aromatic heterocycles. The summed E-state index contributed by atoms with van der Waals surface area (Å²) in [5.74, 6) is 0. The van der Waals surface area contributed by atoms with Gasteiger partial charge in [0.25, 0.3) is 0 Å². The summed E-state index contributed by atoms with van der Waals surface area (Å²) in [5.41, 5.74) is 2.03. The van der Waals surface area contributed by atoms with E-state index in [0.29, 0.717) is 13.0 Å². The summed E-state index contributed by atoms with van der Waals surface area (Å²) in [6.07, 6.45) is -0.192. The smallest absolute Gasteiger partial charge is 0.308 e. The molecule has 1 N–H and O–H groups in total. The number of aromatic nitrogens is 1. The zero-order valence-corrected chi connectivity index (χ0v) is 8.43. The summed E-state index contributed by atoms with van der Waals surface area (Å²) < 4.78 is 35.4. The van der Waals surface area contributed by atoms with Gasteiger partial charge in [0, 0.05) is 12.4 Å². The van der Waals surface area contributed by atoms with Gasteiger partial charge in [-0.05, 0) is 37.1 Å². The molecular formula is C10H13F3N2. The number of hydrogen-bond donors (Lipinski definition) is 1. The van der Waals surface area contributed by atoms with Gasteiger partial charge in [0.15, 0.2) is 0 Å². The Bertz CT molecular complexity index is 310. The van der Waals surface area contributed by atoms with E-state index < -0.39 is 12.7 Å². The van der Waals surface area contributed by atoms with Gasteiger partial charge < -0.3 is 5.32 Å².